The maximum Gasteiger partial charge on any atom is 0.434 e. The van der Waals surface area contributed by atoms with E-state index >= 15 is 0 Å². The third kappa shape index (κ3) is 2.82. The lowest BCUT2D eigenvalue weighted by Gasteiger charge is -2.25. The van der Waals surface area contributed by atoms with Gasteiger partial charge in [0.25, 0.3) is 0 Å². The van der Waals surface area contributed by atoms with Crippen LogP contribution in [-0.4, -0.2) is 49.6 Å². The van der Waals surface area contributed by atoms with E-state index in [4.69, 9.17) is 9.26 Å². The number of ether oxygens (including phenoxy) is 1. The van der Waals surface area contributed by atoms with Gasteiger partial charge in [0.15, 0.2) is 0 Å². The molecule has 2 saturated heterocycles. The Morgan fingerprint density at radius 2 is 1.84 bits per heavy atom. The molecule has 2 fully saturated rings. The predicted octanol–water partition coefficient (Wildman–Crippen LogP) is -0.790. The van der Waals surface area contributed by atoms with E-state index < -0.39 is 0 Å². The van der Waals surface area contributed by atoms with Gasteiger partial charge in [-0.1, -0.05) is 6.42 Å². The van der Waals surface area contributed by atoms with Gasteiger partial charge in [0.1, 0.15) is 0 Å². The highest BCUT2D eigenvalue weighted by atomic mass is 16.5. The van der Waals surface area contributed by atoms with Crippen LogP contribution in [0.4, 0.5) is 0 Å². The fraction of sp³-hybridized carbons (Fsp3) is 0.833. The minimum absolute atomic E-state index is 0.267. The van der Waals surface area contributed by atoms with Crippen molar-refractivity contribution in [3.8, 4) is 0 Å². The number of aromatic nitrogens is 2. The summed E-state index contributed by atoms with van der Waals surface area (Å²) in [6.45, 7) is 5.69. The normalized spacial score (nSPS) is 21.8. The summed E-state index contributed by atoms with van der Waals surface area (Å²) < 4.78 is 10.3. The molecule has 1 aromatic rings. The van der Waals surface area contributed by atoms with Crippen LogP contribution in [0.2, 0.25) is 0 Å². The Labute approximate surface area is 111 Å². The summed E-state index contributed by atoms with van der Waals surface area (Å²) in [7, 11) is 0. The van der Waals surface area contributed by atoms with Crippen LogP contribution < -0.4 is 15.4 Å². The van der Waals surface area contributed by atoms with Crippen molar-refractivity contribution in [2.24, 2.45) is 0 Å². The lowest BCUT2D eigenvalue weighted by atomic mass is 10.1. The molecular formula is C12H21N4O3+. The third-order valence-electron chi connectivity index (χ3n) is 3.81. The zero-order valence-corrected chi connectivity index (χ0v) is 11.1. The molecule has 0 aliphatic carbocycles. The van der Waals surface area contributed by atoms with Gasteiger partial charge in [0.05, 0.1) is 32.8 Å². The molecule has 0 unspecified atom stereocenters. The first-order chi connectivity index (χ1) is 9.34. The van der Waals surface area contributed by atoms with Crippen LogP contribution in [0.5, 0.6) is 0 Å². The highest BCUT2D eigenvalue weighted by Crippen LogP contribution is 2.10. The SMILES string of the molecule is O=c1o[nH][n+](N2CCOCC2)c1CN1CCCCC1. The lowest BCUT2D eigenvalue weighted by Crippen LogP contribution is -2.65. The van der Waals surface area contributed by atoms with Gasteiger partial charge in [-0.05, 0) is 25.9 Å². The molecule has 1 N–H and O–H groups in total. The first-order valence-electron chi connectivity index (χ1n) is 7.02. The average molecular weight is 269 g/mol. The van der Waals surface area contributed by atoms with Crippen LogP contribution in [0.15, 0.2) is 9.32 Å². The number of rotatable bonds is 3. The fourth-order valence-electron chi connectivity index (χ4n) is 2.73. The zero-order chi connectivity index (χ0) is 13.1. The second-order valence-corrected chi connectivity index (χ2v) is 5.14. The molecule has 7 heteroatoms. The van der Waals surface area contributed by atoms with E-state index in [1.54, 1.807) is 4.79 Å². The van der Waals surface area contributed by atoms with Crippen molar-refractivity contribution in [3.05, 3.63) is 16.1 Å². The lowest BCUT2D eigenvalue weighted by molar-refractivity contribution is -0.766. The van der Waals surface area contributed by atoms with Crippen LogP contribution in [0.25, 0.3) is 0 Å². The number of nitrogens with one attached hydrogen (secondary N) is 1. The van der Waals surface area contributed by atoms with E-state index in [2.05, 4.69) is 15.2 Å². The number of H-pyrrole nitrogens is 1. The smallest absolute Gasteiger partial charge is 0.377 e. The molecule has 1 aromatic heterocycles. The summed E-state index contributed by atoms with van der Waals surface area (Å²) in [6.07, 6.45) is 3.72. The molecule has 0 amide bonds. The van der Waals surface area contributed by atoms with E-state index in [9.17, 15) is 4.79 Å². The molecule has 0 spiro atoms. The van der Waals surface area contributed by atoms with Crippen molar-refractivity contribution in [2.45, 2.75) is 25.8 Å². The van der Waals surface area contributed by atoms with Crippen molar-refractivity contribution in [2.75, 3.05) is 44.4 Å². The molecular weight excluding hydrogens is 248 g/mol. The Morgan fingerprint density at radius 1 is 1.11 bits per heavy atom. The minimum Gasteiger partial charge on any atom is -0.377 e. The van der Waals surface area contributed by atoms with Gasteiger partial charge < -0.3 is 4.74 Å². The average Bonchev–Trinajstić information content (AvgIpc) is 2.82. The van der Waals surface area contributed by atoms with Gasteiger partial charge >= 0.3 is 11.3 Å². The summed E-state index contributed by atoms with van der Waals surface area (Å²) >= 11 is 0. The van der Waals surface area contributed by atoms with Crippen molar-refractivity contribution in [1.29, 1.82) is 0 Å². The molecule has 0 aromatic carbocycles. The molecule has 3 heterocycles. The van der Waals surface area contributed by atoms with E-state index in [0.717, 1.165) is 26.2 Å². The largest absolute Gasteiger partial charge is 0.434 e. The van der Waals surface area contributed by atoms with Gasteiger partial charge in [-0.15, -0.1) is 0 Å². The van der Waals surface area contributed by atoms with Gasteiger partial charge in [-0.2, -0.15) is 5.01 Å². The zero-order valence-electron chi connectivity index (χ0n) is 11.1. The summed E-state index contributed by atoms with van der Waals surface area (Å²) in [5.74, 6) is 0. The standard InChI is InChI=1S/C12H20N4O3/c17-12-11(10-14-4-2-1-3-5-14)16(13-19-12)15-6-8-18-9-7-15/h1-10H2/p+1. The van der Waals surface area contributed by atoms with Crippen LogP contribution in [0, 0.1) is 0 Å². The first kappa shape index (κ1) is 12.7. The summed E-state index contributed by atoms with van der Waals surface area (Å²) in [4.78, 5) is 15.9. The number of nitrogens with zero attached hydrogens (tertiary/aromatic N) is 3. The van der Waals surface area contributed by atoms with Gasteiger partial charge in [-0.25, -0.2) is 4.79 Å². The van der Waals surface area contributed by atoms with Crippen molar-refractivity contribution in [1.82, 2.24) is 10.2 Å². The number of hydrogen-bond acceptors (Lipinski definition) is 5. The molecule has 0 bridgehead atoms. The van der Waals surface area contributed by atoms with Crippen LogP contribution in [-0.2, 0) is 11.3 Å². The molecule has 106 valence electrons. The van der Waals surface area contributed by atoms with Crippen molar-refractivity contribution >= 4 is 0 Å². The number of hydrogen-bond donors (Lipinski definition) is 1. The van der Waals surface area contributed by atoms with Gasteiger partial charge in [0, 0.05) is 10.1 Å². The summed E-state index contributed by atoms with van der Waals surface area (Å²) in [6, 6.07) is 0. The molecule has 7 nitrogen and oxygen atoms in total. The second-order valence-electron chi connectivity index (χ2n) is 5.14. The Balaban J connectivity index is 1.75. The highest BCUT2D eigenvalue weighted by Gasteiger charge is 2.30. The number of aromatic amines is 1. The van der Waals surface area contributed by atoms with Crippen LogP contribution in [0.3, 0.4) is 0 Å². The van der Waals surface area contributed by atoms with Gasteiger partial charge in [0.2, 0.25) is 0 Å². The van der Waals surface area contributed by atoms with E-state index in [0.29, 0.717) is 25.5 Å². The van der Waals surface area contributed by atoms with E-state index in [1.165, 1.54) is 19.3 Å². The fourth-order valence-corrected chi connectivity index (χ4v) is 2.73. The second kappa shape index (κ2) is 5.75. The highest BCUT2D eigenvalue weighted by molar-refractivity contribution is 4.86. The monoisotopic (exact) mass is 269 g/mol. The number of morpholine rings is 1. The molecule has 3 rings (SSSR count). The van der Waals surface area contributed by atoms with Gasteiger partial charge in [-0.3, -0.25) is 9.42 Å². The third-order valence-corrected chi connectivity index (χ3v) is 3.81. The maximum absolute atomic E-state index is 11.9. The summed E-state index contributed by atoms with van der Waals surface area (Å²) in [5.41, 5.74) is 0.417. The Bertz CT molecular complexity index is 458. The molecule has 0 atom stereocenters. The van der Waals surface area contributed by atoms with Crippen molar-refractivity contribution in [3.63, 3.8) is 0 Å². The molecule has 2 aliphatic rings. The summed E-state index contributed by atoms with van der Waals surface area (Å²) in [5, 5.41) is 4.77. The van der Waals surface area contributed by atoms with E-state index in [-0.39, 0.29) is 5.63 Å². The Hall–Kier alpha value is -1.34. The topological polar surface area (TPSA) is 65.6 Å². The minimum atomic E-state index is -0.267. The Morgan fingerprint density at radius 3 is 2.58 bits per heavy atom. The predicted molar refractivity (Wildman–Crippen MR) is 67.4 cm³/mol. The molecule has 0 saturated carbocycles. The van der Waals surface area contributed by atoms with Crippen LogP contribution >= 0.6 is 0 Å². The maximum atomic E-state index is 11.9. The van der Waals surface area contributed by atoms with Crippen LogP contribution in [0.1, 0.15) is 25.0 Å². The quantitative estimate of drug-likeness (QED) is 0.729. The molecule has 19 heavy (non-hydrogen) atoms. The number of likely N-dealkylation sites (tertiary alicyclic amines) is 1. The molecule has 2 aliphatic heterocycles. The number of piperidine rings is 1. The molecule has 0 radical (unpaired) electrons. The first-order valence-corrected chi connectivity index (χ1v) is 7.02. The van der Waals surface area contributed by atoms with Crippen molar-refractivity contribution < 1.29 is 14.1 Å². The Kier molecular flexibility index (Phi) is 3.84. The van der Waals surface area contributed by atoms with E-state index in [1.807, 2.05) is 0 Å².